The average molecular weight is 381 g/mol. The molecule has 1 amide bonds. The molecule has 1 aromatic heterocycles. The summed E-state index contributed by atoms with van der Waals surface area (Å²) in [5.74, 6) is -4.43. The topological polar surface area (TPSA) is 92.7 Å². The number of hydrogen-bond donors (Lipinski definition) is 2. The molecule has 1 atom stereocenters. The number of carbonyl (C=O) groups is 3. The predicted octanol–water partition coefficient (Wildman–Crippen LogP) is 2.37. The number of hydrogen-bond acceptors (Lipinski definition) is 5. The lowest BCUT2D eigenvalue weighted by molar-refractivity contribution is -0.139. The van der Waals surface area contributed by atoms with E-state index in [1.54, 1.807) is 0 Å². The Morgan fingerprint density at radius 3 is 2.65 bits per heavy atom. The van der Waals surface area contributed by atoms with E-state index < -0.39 is 41.9 Å². The molecule has 0 bridgehead atoms. The number of carbonyl (C=O) groups excluding carboxylic acids is 2. The van der Waals surface area contributed by atoms with E-state index in [0.717, 1.165) is 23.5 Å². The van der Waals surface area contributed by atoms with Crippen LogP contribution in [-0.2, 0) is 20.7 Å². The van der Waals surface area contributed by atoms with Crippen molar-refractivity contribution >= 4 is 29.2 Å². The Morgan fingerprint density at radius 1 is 1.27 bits per heavy atom. The second-order valence-electron chi connectivity index (χ2n) is 5.64. The molecule has 2 N–H and O–H groups in total. The standard InChI is InChI=1S/C17H13F2NO5S/c18-10-5-8(6-15(21)22)9(7-11(10)19)13-1-2-14(26-13)16(23)20-12-3-4-25-17(12)24/h1-2,5,7,12H,3-4,6H2,(H,20,23)(H,21,22)/t12-/m0/s1. The molecule has 0 radical (unpaired) electrons. The Kier molecular flexibility index (Phi) is 4.99. The summed E-state index contributed by atoms with van der Waals surface area (Å²) in [7, 11) is 0. The first-order valence-corrected chi connectivity index (χ1v) is 8.44. The lowest BCUT2D eigenvalue weighted by atomic mass is 10.0. The normalized spacial score (nSPS) is 16.4. The molecule has 1 aliphatic heterocycles. The van der Waals surface area contributed by atoms with E-state index >= 15 is 0 Å². The van der Waals surface area contributed by atoms with E-state index in [9.17, 15) is 23.2 Å². The largest absolute Gasteiger partial charge is 0.481 e. The molecular formula is C17H13F2NO5S. The fourth-order valence-electron chi connectivity index (χ4n) is 2.59. The minimum Gasteiger partial charge on any atom is -0.481 e. The Morgan fingerprint density at radius 2 is 2.00 bits per heavy atom. The summed E-state index contributed by atoms with van der Waals surface area (Å²) in [6.07, 6.45) is -0.103. The van der Waals surface area contributed by atoms with Gasteiger partial charge in [0.15, 0.2) is 11.6 Å². The van der Waals surface area contributed by atoms with E-state index in [1.165, 1.54) is 12.1 Å². The number of cyclic esters (lactones) is 1. The number of carboxylic acid groups (broad SMARTS) is 1. The fourth-order valence-corrected chi connectivity index (χ4v) is 3.55. The van der Waals surface area contributed by atoms with Crippen LogP contribution in [0.1, 0.15) is 21.7 Å². The molecule has 136 valence electrons. The van der Waals surface area contributed by atoms with Crippen LogP contribution in [0.5, 0.6) is 0 Å². The zero-order valence-corrected chi connectivity index (χ0v) is 14.1. The summed E-state index contributed by atoms with van der Waals surface area (Å²) in [5.41, 5.74) is 0.306. The SMILES string of the molecule is O=C(O)Cc1cc(F)c(F)cc1-c1ccc(C(=O)N[C@H]2CCOC2=O)s1. The molecule has 2 aromatic rings. The maximum atomic E-state index is 13.6. The first-order valence-electron chi connectivity index (χ1n) is 7.62. The zero-order chi connectivity index (χ0) is 18.8. The zero-order valence-electron chi connectivity index (χ0n) is 13.3. The van der Waals surface area contributed by atoms with Crippen molar-refractivity contribution in [3.63, 3.8) is 0 Å². The molecule has 0 saturated carbocycles. The van der Waals surface area contributed by atoms with Gasteiger partial charge < -0.3 is 15.2 Å². The number of benzene rings is 1. The Bertz CT molecular complexity index is 895. The van der Waals surface area contributed by atoms with Crippen molar-refractivity contribution in [3.8, 4) is 10.4 Å². The molecule has 0 spiro atoms. The minimum atomic E-state index is -1.19. The first-order chi connectivity index (χ1) is 12.3. The molecule has 0 unspecified atom stereocenters. The smallest absolute Gasteiger partial charge is 0.328 e. The average Bonchev–Trinajstić information content (AvgIpc) is 3.20. The summed E-state index contributed by atoms with van der Waals surface area (Å²) in [6.45, 7) is 0.243. The number of aliphatic carboxylic acids is 1. The Labute approximate surface area is 150 Å². The van der Waals surface area contributed by atoms with E-state index in [4.69, 9.17) is 9.84 Å². The van der Waals surface area contributed by atoms with Gasteiger partial charge in [-0.2, -0.15) is 0 Å². The van der Waals surface area contributed by atoms with Crippen molar-refractivity contribution in [2.24, 2.45) is 0 Å². The van der Waals surface area contributed by atoms with Crippen molar-refractivity contribution in [3.05, 3.63) is 46.3 Å². The lowest BCUT2D eigenvalue weighted by Gasteiger charge is -2.08. The molecule has 2 heterocycles. The van der Waals surface area contributed by atoms with Gasteiger partial charge in [0.05, 0.1) is 17.9 Å². The number of carboxylic acids is 1. The fraction of sp³-hybridized carbons (Fsp3) is 0.235. The van der Waals surface area contributed by atoms with E-state index in [-0.39, 0.29) is 22.6 Å². The van der Waals surface area contributed by atoms with Crippen molar-refractivity contribution in [2.45, 2.75) is 18.9 Å². The molecule has 0 aliphatic carbocycles. The van der Waals surface area contributed by atoms with Crippen molar-refractivity contribution in [1.29, 1.82) is 0 Å². The van der Waals surface area contributed by atoms with Crippen LogP contribution in [0.4, 0.5) is 8.78 Å². The number of esters is 1. The molecule has 1 aromatic carbocycles. The molecule has 6 nitrogen and oxygen atoms in total. The van der Waals surface area contributed by atoms with Crippen LogP contribution in [0.3, 0.4) is 0 Å². The van der Waals surface area contributed by atoms with Gasteiger partial charge in [-0.3, -0.25) is 9.59 Å². The van der Waals surface area contributed by atoms with Crippen LogP contribution in [-0.4, -0.2) is 35.6 Å². The summed E-state index contributed by atoms with van der Waals surface area (Å²) in [4.78, 5) is 35.3. The Hall–Kier alpha value is -2.81. The maximum absolute atomic E-state index is 13.6. The van der Waals surface area contributed by atoms with Crippen molar-refractivity contribution in [2.75, 3.05) is 6.61 Å². The van der Waals surface area contributed by atoms with Crippen LogP contribution >= 0.6 is 11.3 Å². The minimum absolute atomic E-state index is 0.101. The number of halogens is 2. The molecule has 3 rings (SSSR count). The lowest BCUT2D eigenvalue weighted by Crippen LogP contribution is -2.37. The highest BCUT2D eigenvalue weighted by molar-refractivity contribution is 7.17. The van der Waals surface area contributed by atoms with Crippen molar-refractivity contribution in [1.82, 2.24) is 5.32 Å². The monoisotopic (exact) mass is 381 g/mol. The highest BCUT2D eigenvalue weighted by atomic mass is 32.1. The van der Waals surface area contributed by atoms with Crippen LogP contribution in [0.25, 0.3) is 10.4 Å². The number of amides is 1. The highest BCUT2D eigenvalue weighted by Crippen LogP contribution is 2.32. The molecular weight excluding hydrogens is 368 g/mol. The van der Waals surface area contributed by atoms with Gasteiger partial charge in [0.2, 0.25) is 0 Å². The van der Waals surface area contributed by atoms with Gasteiger partial charge >= 0.3 is 11.9 Å². The van der Waals surface area contributed by atoms with Gasteiger partial charge in [0.25, 0.3) is 5.91 Å². The van der Waals surface area contributed by atoms with Crippen LogP contribution < -0.4 is 5.32 Å². The number of thiophene rings is 1. The summed E-state index contributed by atoms with van der Waals surface area (Å²) < 4.78 is 31.8. The van der Waals surface area contributed by atoms with Gasteiger partial charge in [-0.25, -0.2) is 13.6 Å². The van der Waals surface area contributed by atoms with Crippen molar-refractivity contribution < 1.29 is 33.0 Å². The predicted molar refractivity (Wildman–Crippen MR) is 87.8 cm³/mol. The molecule has 9 heteroatoms. The molecule has 1 fully saturated rings. The van der Waals surface area contributed by atoms with Gasteiger partial charge in [-0.05, 0) is 35.4 Å². The molecule has 26 heavy (non-hydrogen) atoms. The summed E-state index contributed by atoms with van der Waals surface area (Å²) >= 11 is 0.988. The van der Waals surface area contributed by atoms with E-state index in [0.29, 0.717) is 11.3 Å². The first kappa shape index (κ1) is 18.0. The molecule has 1 saturated heterocycles. The van der Waals surface area contributed by atoms with E-state index in [1.807, 2.05) is 0 Å². The van der Waals surface area contributed by atoms with Gasteiger partial charge in [-0.15, -0.1) is 11.3 Å². The summed E-state index contributed by atoms with van der Waals surface area (Å²) in [5, 5.41) is 11.5. The van der Waals surface area contributed by atoms with Gasteiger partial charge in [0.1, 0.15) is 6.04 Å². The third-order valence-electron chi connectivity index (χ3n) is 3.82. The van der Waals surface area contributed by atoms with Crippen LogP contribution in [0.2, 0.25) is 0 Å². The second kappa shape index (κ2) is 7.20. The Balaban J connectivity index is 1.87. The van der Waals surface area contributed by atoms with E-state index in [2.05, 4.69) is 5.32 Å². The maximum Gasteiger partial charge on any atom is 0.328 e. The number of nitrogens with one attached hydrogen (secondary N) is 1. The van der Waals surface area contributed by atoms with Crippen LogP contribution in [0.15, 0.2) is 24.3 Å². The van der Waals surface area contributed by atoms with Gasteiger partial charge in [0, 0.05) is 11.3 Å². The second-order valence-corrected chi connectivity index (χ2v) is 6.72. The third-order valence-corrected chi connectivity index (χ3v) is 4.94. The number of ether oxygens (including phenoxy) is 1. The molecule has 1 aliphatic rings. The van der Waals surface area contributed by atoms with Gasteiger partial charge in [-0.1, -0.05) is 0 Å². The third kappa shape index (κ3) is 3.72. The highest BCUT2D eigenvalue weighted by Gasteiger charge is 2.28. The number of rotatable bonds is 5. The van der Waals surface area contributed by atoms with Crippen LogP contribution in [0, 0.1) is 11.6 Å². The summed E-state index contributed by atoms with van der Waals surface area (Å²) in [6, 6.07) is 4.03. The quantitative estimate of drug-likeness (QED) is 0.776.